The maximum Gasteiger partial charge on any atom is 0.225 e. The summed E-state index contributed by atoms with van der Waals surface area (Å²) in [6.45, 7) is 10.7. The first-order valence-electron chi connectivity index (χ1n) is 6.99. The van der Waals surface area contributed by atoms with Gasteiger partial charge in [0.05, 0.1) is 13.2 Å². The van der Waals surface area contributed by atoms with Gasteiger partial charge >= 0.3 is 0 Å². The van der Waals surface area contributed by atoms with Crippen LogP contribution in [0, 0.1) is 0 Å². The van der Waals surface area contributed by atoms with Gasteiger partial charge in [-0.05, 0) is 20.3 Å². The lowest BCUT2D eigenvalue weighted by atomic mass is 10.0. The number of aromatic nitrogens is 2. The molecular weight excluding hydrogens is 240 g/mol. The summed E-state index contributed by atoms with van der Waals surface area (Å²) in [7, 11) is 0. The number of rotatable bonds is 5. The fourth-order valence-electron chi connectivity index (χ4n) is 1.83. The van der Waals surface area contributed by atoms with Gasteiger partial charge in [0.1, 0.15) is 0 Å². The third kappa shape index (κ3) is 4.14. The van der Waals surface area contributed by atoms with E-state index in [0.29, 0.717) is 0 Å². The monoisotopic (exact) mass is 264 g/mol. The van der Waals surface area contributed by atoms with Gasteiger partial charge in [-0.1, -0.05) is 6.92 Å². The lowest BCUT2D eigenvalue weighted by Gasteiger charge is -2.27. The molecule has 0 atom stereocenters. The molecule has 1 aliphatic heterocycles. The number of hydrogen-bond acceptors (Lipinski definition) is 5. The minimum Gasteiger partial charge on any atom is -0.378 e. The number of anilines is 1. The number of nitrogens with one attached hydrogen (secondary N) is 1. The summed E-state index contributed by atoms with van der Waals surface area (Å²) in [6.07, 6.45) is 4.92. The molecule has 0 bridgehead atoms. The second-order valence-electron chi connectivity index (χ2n) is 5.58. The summed E-state index contributed by atoms with van der Waals surface area (Å²) in [4.78, 5) is 11.1. The smallest absolute Gasteiger partial charge is 0.225 e. The maximum absolute atomic E-state index is 5.33. The Labute approximate surface area is 115 Å². The van der Waals surface area contributed by atoms with Gasteiger partial charge in [0.25, 0.3) is 0 Å². The molecule has 0 spiro atoms. The Bertz CT molecular complexity index is 385. The Morgan fingerprint density at radius 3 is 2.47 bits per heavy atom. The van der Waals surface area contributed by atoms with Crippen molar-refractivity contribution in [2.75, 3.05) is 31.2 Å². The van der Waals surface area contributed by atoms with Crippen LogP contribution in [0.15, 0.2) is 12.4 Å². The molecule has 5 heteroatoms. The van der Waals surface area contributed by atoms with Crippen molar-refractivity contribution >= 4 is 5.95 Å². The molecule has 0 saturated carbocycles. The van der Waals surface area contributed by atoms with Gasteiger partial charge in [0, 0.05) is 43.1 Å². The van der Waals surface area contributed by atoms with Crippen molar-refractivity contribution in [1.29, 1.82) is 0 Å². The molecule has 0 unspecified atom stereocenters. The Morgan fingerprint density at radius 2 is 1.89 bits per heavy atom. The second kappa shape index (κ2) is 6.30. The number of morpholine rings is 1. The predicted octanol–water partition coefficient (Wildman–Crippen LogP) is 1.59. The minimum atomic E-state index is 0.156. The van der Waals surface area contributed by atoms with E-state index >= 15 is 0 Å². The average Bonchev–Trinajstić information content (AvgIpc) is 2.47. The fraction of sp³-hybridized carbons (Fsp3) is 0.714. The Kier molecular flexibility index (Phi) is 4.71. The fourth-order valence-corrected chi connectivity index (χ4v) is 1.83. The van der Waals surface area contributed by atoms with E-state index in [-0.39, 0.29) is 5.54 Å². The zero-order chi connectivity index (χ0) is 13.7. The molecule has 1 N–H and O–H groups in total. The van der Waals surface area contributed by atoms with Crippen molar-refractivity contribution in [3.63, 3.8) is 0 Å². The van der Waals surface area contributed by atoms with Crippen molar-refractivity contribution in [1.82, 2.24) is 15.3 Å². The van der Waals surface area contributed by atoms with Crippen LogP contribution in [0.2, 0.25) is 0 Å². The first kappa shape index (κ1) is 14.2. The quantitative estimate of drug-likeness (QED) is 0.875. The highest BCUT2D eigenvalue weighted by atomic mass is 16.5. The Hall–Kier alpha value is -1.20. The van der Waals surface area contributed by atoms with Crippen molar-refractivity contribution in [2.24, 2.45) is 0 Å². The molecule has 0 aliphatic carbocycles. The Morgan fingerprint density at radius 1 is 1.26 bits per heavy atom. The molecule has 0 amide bonds. The first-order valence-corrected chi connectivity index (χ1v) is 6.99. The third-order valence-electron chi connectivity index (χ3n) is 3.64. The van der Waals surface area contributed by atoms with Crippen LogP contribution in [-0.4, -0.2) is 41.8 Å². The molecule has 0 radical (unpaired) electrons. The van der Waals surface area contributed by atoms with Gasteiger partial charge in [-0.3, -0.25) is 0 Å². The van der Waals surface area contributed by atoms with E-state index in [1.165, 1.54) is 0 Å². The zero-order valence-electron chi connectivity index (χ0n) is 12.1. The molecule has 0 aromatic carbocycles. The van der Waals surface area contributed by atoms with Gasteiger partial charge < -0.3 is 15.0 Å². The first-order chi connectivity index (χ1) is 9.11. The SMILES string of the molecule is CCC(C)(C)NCc1cnc(N2CCOCC2)nc1. The summed E-state index contributed by atoms with van der Waals surface area (Å²) in [5.74, 6) is 0.807. The van der Waals surface area contributed by atoms with Crippen LogP contribution in [0.25, 0.3) is 0 Å². The van der Waals surface area contributed by atoms with Crippen molar-refractivity contribution in [3.8, 4) is 0 Å². The van der Waals surface area contributed by atoms with E-state index < -0.39 is 0 Å². The van der Waals surface area contributed by atoms with E-state index in [2.05, 4.69) is 41.0 Å². The molecule has 2 heterocycles. The van der Waals surface area contributed by atoms with E-state index in [4.69, 9.17) is 4.74 Å². The van der Waals surface area contributed by atoms with Crippen LogP contribution in [0.1, 0.15) is 32.8 Å². The zero-order valence-corrected chi connectivity index (χ0v) is 12.1. The number of ether oxygens (including phenoxy) is 1. The highest BCUT2D eigenvalue weighted by molar-refractivity contribution is 5.30. The van der Waals surface area contributed by atoms with Gasteiger partial charge in [0.15, 0.2) is 0 Å². The van der Waals surface area contributed by atoms with E-state index in [0.717, 1.165) is 50.8 Å². The topological polar surface area (TPSA) is 50.3 Å². The van der Waals surface area contributed by atoms with Crippen molar-refractivity contribution in [3.05, 3.63) is 18.0 Å². The lowest BCUT2D eigenvalue weighted by molar-refractivity contribution is 0.122. The summed E-state index contributed by atoms with van der Waals surface area (Å²) in [6, 6.07) is 0. The van der Waals surface area contributed by atoms with Gasteiger partial charge in [0.2, 0.25) is 5.95 Å². The summed E-state index contributed by atoms with van der Waals surface area (Å²) < 4.78 is 5.33. The van der Waals surface area contributed by atoms with Crippen molar-refractivity contribution in [2.45, 2.75) is 39.3 Å². The summed E-state index contributed by atoms with van der Waals surface area (Å²) >= 11 is 0. The minimum absolute atomic E-state index is 0.156. The van der Waals surface area contributed by atoms with E-state index in [1.54, 1.807) is 0 Å². The molecule has 19 heavy (non-hydrogen) atoms. The molecule has 106 valence electrons. The van der Waals surface area contributed by atoms with Crippen LogP contribution in [0.5, 0.6) is 0 Å². The molecule has 1 aromatic heterocycles. The van der Waals surface area contributed by atoms with Gasteiger partial charge in [-0.15, -0.1) is 0 Å². The van der Waals surface area contributed by atoms with Crippen LogP contribution < -0.4 is 10.2 Å². The number of hydrogen-bond donors (Lipinski definition) is 1. The largest absolute Gasteiger partial charge is 0.378 e. The lowest BCUT2D eigenvalue weighted by Crippen LogP contribution is -2.38. The van der Waals surface area contributed by atoms with Crippen LogP contribution in [0.4, 0.5) is 5.95 Å². The normalized spacial score (nSPS) is 16.7. The molecule has 1 fully saturated rings. The van der Waals surface area contributed by atoms with Crippen molar-refractivity contribution < 1.29 is 4.74 Å². The van der Waals surface area contributed by atoms with Crippen LogP contribution in [-0.2, 0) is 11.3 Å². The highest BCUT2D eigenvalue weighted by Gasteiger charge is 2.15. The molecule has 1 saturated heterocycles. The third-order valence-corrected chi connectivity index (χ3v) is 3.64. The van der Waals surface area contributed by atoms with Gasteiger partial charge in [-0.25, -0.2) is 9.97 Å². The molecule has 1 aliphatic rings. The second-order valence-corrected chi connectivity index (χ2v) is 5.58. The average molecular weight is 264 g/mol. The predicted molar refractivity (Wildman–Crippen MR) is 76.3 cm³/mol. The maximum atomic E-state index is 5.33. The number of nitrogens with zero attached hydrogens (tertiary/aromatic N) is 3. The molecule has 5 nitrogen and oxygen atoms in total. The molecular formula is C14H24N4O. The summed E-state index contributed by atoms with van der Waals surface area (Å²) in [5.41, 5.74) is 1.28. The summed E-state index contributed by atoms with van der Waals surface area (Å²) in [5, 5.41) is 3.51. The Balaban J connectivity index is 1.91. The highest BCUT2D eigenvalue weighted by Crippen LogP contribution is 2.11. The standard InChI is InChI=1S/C14H24N4O/c1-4-14(2,3)17-11-12-9-15-13(16-10-12)18-5-7-19-8-6-18/h9-10,17H,4-8,11H2,1-3H3. The van der Waals surface area contributed by atoms with Crippen LogP contribution >= 0.6 is 0 Å². The van der Waals surface area contributed by atoms with Crippen LogP contribution in [0.3, 0.4) is 0 Å². The van der Waals surface area contributed by atoms with Gasteiger partial charge in [-0.2, -0.15) is 0 Å². The van der Waals surface area contributed by atoms with E-state index in [9.17, 15) is 0 Å². The molecule has 1 aromatic rings. The van der Waals surface area contributed by atoms with E-state index in [1.807, 2.05) is 12.4 Å². The molecule has 2 rings (SSSR count).